The molecule has 0 heterocycles. The van der Waals surface area contributed by atoms with Crippen molar-refractivity contribution in [2.75, 3.05) is 0 Å². The Hall–Kier alpha value is -1.64. The lowest BCUT2D eigenvalue weighted by atomic mass is 10.0. The van der Waals surface area contributed by atoms with Gasteiger partial charge in [-0.15, -0.1) is 0 Å². The monoisotopic (exact) mass is 214 g/mol. The molecule has 0 saturated heterocycles. The maximum atomic E-state index is 4.00. The van der Waals surface area contributed by atoms with Gasteiger partial charge in [-0.1, -0.05) is 60.7 Å². The molecule has 84 valence electrons. The highest BCUT2D eigenvalue weighted by Crippen LogP contribution is 2.06. The van der Waals surface area contributed by atoms with Crippen molar-refractivity contribution in [1.82, 2.24) is 0 Å². The Morgan fingerprint density at radius 3 is 1.19 bits per heavy atom. The van der Waals surface area contributed by atoms with Gasteiger partial charge >= 0.3 is 0 Å². The quantitative estimate of drug-likeness (QED) is 0.608. The maximum Gasteiger partial charge on any atom is -0.0238 e. The van der Waals surface area contributed by atoms with E-state index in [2.05, 4.69) is 72.3 Å². The Balaban J connectivity index is 0.000000606. The van der Waals surface area contributed by atoms with Crippen molar-refractivity contribution in [3.8, 4) is 0 Å². The Labute approximate surface area is 96.9 Å². The molecule has 0 aliphatic heterocycles. The van der Waals surface area contributed by atoms with Gasteiger partial charge in [-0.05, 0) is 24.0 Å². The van der Waals surface area contributed by atoms with E-state index >= 15 is 0 Å². The summed E-state index contributed by atoms with van der Waals surface area (Å²) >= 11 is 0. The minimum Gasteiger partial charge on any atom is -0.274 e. The number of hydrazine groups is 1. The molecule has 0 saturated carbocycles. The molecule has 0 aliphatic carbocycles. The van der Waals surface area contributed by atoms with Crippen LogP contribution in [0.15, 0.2) is 60.7 Å². The molecule has 4 N–H and O–H groups in total. The largest absolute Gasteiger partial charge is 0.274 e. The summed E-state index contributed by atoms with van der Waals surface area (Å²) in [5, 5.41) is 0. The highest BCUT2D eigenvalue weighted by Gasteiger charge is 1.93. The molecule has 0 bridgehead atoms. The molecular weight excluding hydrogens is 196 g/mol. The van der Waals surface area contributed by atoms with Crippen LogP contribution in [0, 0.1) is 0 Å². The molecule has 0 fully saturated rings. The van der Waals surface area contributed by atoms with Crippen molar-refractivity contribution in [3.63, 3.8) is 0 Å². The van der Waals surface area contributed by atoms with Crippen molar-refractivity contribution in [2.24, 2.45) is 11.7 Å². The van der Waals surface area contributed by atoms with Crippen LogP contribution in [0.2, 0.25) is 0 Å². The Morgan fingerprint density at radius 2 is 0.875 bits per heavy atom. The van der Waals surface area contributed by atoms with Crippen LogP contribution < -0.4 is 11.7 Å². The third-order valence-electron chi connectivity index (χ3n) is 2.39. The number of benzene rings is 2. The van der Waals surface area contributed by atoms with E-state index in [1.807, 2.05) is 0 Å². The van der Waals surface area contributed by atoms with Gasteiger partial charge < -0.3 is 0 Å². The minimum atomic E-state index is 1.13. The normalized spacial score (nSPS) is 9.12. The first-order chi connectivity index (χ1) is 7.95. The second kappa shape index (κ2) is 7.63. The van der Waals surface area contributed by atoms with E-state index in [0.29, 0.717) is 0 Å². The van der Waals surface area contributed by atoms with Crippen LogP contribution in [0.1, 0.15) is 11.1 Å². The average Bonchev–Trinajstić information content (AvgIpc) is 2.41. The fourth-order valence-electron chi connectivity index (χ4n) is 1.58. The Kier molecular flexibility index (Phi) is 5.92. The van der Waals surface area contributed by atoms with Gasteiger partial charge in [0.2, 0.25) is 0 Å². The Morgan fingerprint density at radius 1 is 0.562 bits per heavy atom. The first-order valence-electron chi connectivity index (χ1n) is 5.36. The second-order valence-corrected chi connectivity index (χ2v) is 3.47. The van der Waals surface area contributed by atoms with E-state index in [1.165, 1.54) is 11.1 Å². The Bertz CT molecular complexity index is 331. The predicted molar refractivity (Wildman–Crippen MR) is 68.7 cm³/mol. The predicted octanol–water partition coefficient (Wildman–Crippen LogP) is 2.29. The smallest absolute Gasteiger partial charge is 0.0238 e. The molecule has 0 atom stereocenters. The molecule has 0 amide bonds. The lowest BCUT2D eigenvalue weighted by Gasteiger charge is -2.01. The van der Waals surface area contributed by atoms with Gasteiger partial charge in [-0.2, -0.15) is 0 Å². The molecule has 0 unspecified atom stereocenters. The summed E-state index contributed by atoms with van der Waals surface area (Å²) in [6.45, 7) is 0. The summed E-state index contributed by atoms with van der Waals surface area (Å²) in [4.78, 5) is 0. The minimum absolute atomic E-state index is 1.13. The first-order valence-corrected chi connectivity index (χ1v) is 5.36. The standard InChI is InChI=1S/C14H14.H4N2/c1-3-7-13(8-4-1)11-12-14-9-5-2-6-10-14;1-2/h1-10H,11-12H2;1-2H2. The van der Waals surface area contributed by atoms with Gasteiger partial charge in [-0.3, -0.25) is 11.7 Å². The van der Waals surface area contributed by atoms with Crippen LogP contribution in [0.25, 0.3) is 0 Å². The van der Waals surface area contributed by atoms with Crippen molar-refractivity contribution in [1.29, 1.82) is 0 Å². The van der Waals surface area contributed by atoms with E-state index in [0.717, 1.165) is 12.8 Å². The number of nitrogens with two attached hydrogens (primary N) is 2. The molecule has 2 heteroatoms. The van der Waals surface area contributed by atoms with Crippen molar-refractivity contribution in [2.45, 2.75) is 12.8 Å². The van der Waals surface area contributed by atoms with Crippen LogP contribution in [-0.4, -0.2) is 0 Å². The fourth-order valence-corrected chi connectivity index (χ4v) is 1.58. The van der Waals surface area contributed by atoms with E-state index in [-0.39, 0.29) is 0 Å². The molecule has 0 spiro atoms. The third-order valence-corrected chi connectivity index (χ3v) is 2.39. The number of hydrogen-bond acceptors (Lipinski definition) is 2. The molecule has 2 nitrogen and oxygen atoms in total. The zero-order valence-corrected chi connectivity index (χ0v) is 9.34. The molecular formula is C14H18N2. The topological polar surface area (TPSA) is 52.0 Å². The van der Waals surface area contributed by atoms with Crippen LogP contribution in [0.5, 0.6) is 0 Å². The van der Waals surface area contributed by atoms with Gasteiger partial charge in [0.05, 0.1) is 0 Å². The molecule has 16 heavy (non-hydrogen) atoms. The molecule has 0 aliphatic rings. The molecule has 2 aromatic carbocycles. The summed E-state index contributed by atoms with van der Waals surface area (Å²) in [5.74, 6) is 8.00. The van der Waals surface area contributed by atoms with Crippen molar-refractivity contribution >= 4 is 0 Å². The first kappa shape index (κ1) is 12.4. The van der Waals surface area contributed by atoms with Gasteiger partial charge in [0.1, 0.15) is 0 Å². The van der Waals surface area contributed by atoms with Crippen LogP contribution in [0.3, 0.4) is 0 Å². The van der Waals surface area contributed by atoms with Gasteiger partial charge in [0.15, 0.2) is 0 Å². The summed E-state index contributed by atoms with van der Waals surface area (Å²) in [6.07, 6.45) is 2.26. The summed E-state index contributed by atoms with van der Waals surface area (Å²) < 4.78 is 0. The van der Waals surface area contributed by atoms with Crippen LogP contribution >= 0.6 is 0 Å². The van der Waals surface area contributed by atoms with Gasteiger partial charge in [0.25, 0.3) is 0 Å². The molecule has 2 aromatic rings. The van der Waals surface area contributed by atoms with Crippen LogP contribution in [0.4, 0.5) is 0 Å². The fraction of sp³-hybridized carbons (Fsp3) is 0.143. The highest BCUT2D eigenvalue weighted by atomic mass is 15.0. The van der Waals surface area contributed by atoms with Gasteiger partial charge in [0, 0.05) is 0 Å². The maximum absolute atomic E-state index is 4.00. The second-order valence-electron chi connectivity index (χ2n) is 3.47. The summed E-state index contributed by atoms with van der Waals surface area (Å²) in [5.41, 5.74) is 2.83. The summed E-state index contributed by atoms with van der Waals surface area (Å²) in [7, 11) is 0. The summed E-state index contributed by atoms with van der Waals surface area (Å²) in [6, 6.07) is 21.2. The zero-order chi connectivity index (χ0) is 11.6. The number of aryl methyl sites for hydroxylation is 2. The van der Waals surface area contributed by atoms with E-state index < -0.39 is 0 Å². The molecule has 0 aromatic heterocycles. The lowest BCUT2D eigenvalue weighted by Crippen LogP contribution is -2.02. The van der Waals surface area contributed by atoms with Crippen LogP contribution in [-0.2, 0) is 12.8 Å². The van der Waals surface area contributed by atoms with Crippen molar-refractivity contribution in [3.05, 3.63) is 71.8 Å². The highest BCUT2D eigenvalue weighted by molar-refractivity contribution is 5.19. The van der Waals surface area contributed by atoms with E-state index in [1.54, 1.807) is 0 Å². The molecule has 0 radical (unpaired) electrons. The zero-order valence-electron chi connectivity index (χ0n) is 9.34. The SMILES string of the molecule is NN.c1ccc(CCc2ccccc2)cc1. The van der Waals surface area contributed by atoms with Gasteiger partial charge in [-0.25, -0.2) is 0 Å². The number of rotatable bonds is 3. The third kappa shape index (κ3) is 4.26. The molecule has 2 rings (SSSR count). The number of hydrogen-bond donors (Lipinski definition) is 2. The van der Waals surface area contributed by atoms with E-state index in [9.17, 15) is 0 Å². The average molecular weight is 214 g/mol. The van der Waals surface area contributed by atoms with E-state index in [4.69, 9.17) is 0 Å². The van der Waals surface area contributed by atoms with Crippen molar-refractivity contribution < 1.29 is 0 Å². The lowest BCUT2D eigenvalue weighted by molar-refractivity contribution is 0.960.